The summed E-state index contributed by atoms with van der Waals surface area (Å²) in [5.74, 6) is -2.15. The highest BCUT2D eigenvalue weighted by Gasteiger charge is 2.26. The van der Waals surface area contributed by atoms with Gasteiger partial charge in [-0.05, 0) is 25.5 Å². The van der Waals surface area contributed by atoms with Crippen LogP contribution in [0.2, 0.25) is 0 Å². The van der Waals surface area contributed by atoms with E-state index in [0.29, 0.717) is 28.9 Å². The van der Waals surface area contributed by atoms with Crippen LogP contribution in [0.15, 0.2) is 12.1 Å². The van der Waals surface area contributed by atoms with Crippen molar-refractivity contribution in [3.63, 3.8) is 0 Å². The van der Waals surface area contributed by atoms with Crippen LogP contribution in [0.1, 0.15) is 30.6 Å². The normalized spacial score (nSPS) is 14.8. The highest BCUT2D eigenvalue weighted by Crippen LogP contribution is 2.38. The van der Waals surface area contributed by atoms with E-state index in [0.717, 1.165) is 32.6 Å². The third-order valence-corrected chi connectivity index (χ3v) is 4.91. The van der Waals surface area contributed by atoms with Gasteiger partial charge >= 0.3 is 11.9 Å². The molecule has 0 saturated carbocycles. The van der Waals surface area contributed by atoms with Gasteiger partial charge in [-0.2, -0.15) is 0 Å². The number of hydrogen-bond donors (Lipinski definition) is 2. The molecule has 2 N–H and O–H groups in total. The first-order valence-electron chi connectivity index (χ1n) is 9.49. The van der Waals surface area contributed by atoms with Gasteiger partial charge in [0.05, 0.1) is 21.3 Å². The number of carbonyl (C=O) groups excluding carboxylic acids is 1. The molecule has 1 fully saturated rings. The van der Waals surface area contributed by atoms with Crippen molar-refractivity contribution in [2.45, 2.75) is 26.3 Å². The Kier molecular flexibility index (Phi) is 9.90. The quantitative estimate of drug-likeness (QED) is 0.650. The Labute approximate surface area is 175 Å². The van der Waals surface area contributed by atoms with Crippen molar-refractivity contribution < 1.29 is 38.8 Å². The zero-order chi connectivity index (χ0) is 22.8. The van der Waals surface area contributed by atoms with Crippen LogP contribution in [0.5, 0.6) is 17.2 Å². The Morgan fingerprint density at radius 1 is 0.933 bits per heavy atom. The molecule has 10 nitrogen and oxygen atoms in total. The molecule has 0 bridgehead atoms. The lowest BCUT2D eigenvalue weighted by molar-refractivity contribution is -0.159. The number of amides is 1. The fourth-order valence-electron chi connectivity index (χ4n) is 3.01. The first kappa shape index (κ1) is 25.0. The lowest BCUT2D eigenvalue weighted by atomic mass is 10.1. The van der Waals surface area contributed by atoms with Gasteiger partial charge in [-0.25, -0.2) is 9.59 Å². The number of methoxy groups -OCH3 is 3. The van der Waals surface area contributed by atoms with E-state index in [2.05, 4.69) is 18.7 Å². The lowest BCUT2D eigenvalue weighted by Crippen LogP contribution is -2.51. The molecule has 168 valence electrons. The Morgan fingerprint density at radius 3 is 1.73 bits per heavy atom. The van der Waals surface area contributed by atoms with Crippen molar-refractivity contribution in [3.05, 3.63) is 17.7 Å². The third kappa shape index (κ3) is 6.51. The second-order valence-electron chi connectivity index (χ2n) is 6.61. The number of benzene rings is 1. The van der Waals surface area contributed by atoms with E-state index in [4.69, 9.17) is 34.0 Å². The number of piperazine rings is 1. The van der Waals surface area contributed by atoms with Crippen molar-refractivity contribution in [2.75, 3.05) is 47.5 Å². The Balaban J connectivity index is 0.000000656. The van der Waals surface area contributed by atoms with E-state index >= 15 is 0 Å². The summed E-state index contributed by atoms with van der Waals surface area (Å²) < 4.78 is 16.0. The first-order valence-corrected chi connectivity index (χ1v) is 9.49. The van der Waals surface area contributed by atoms with Crippen LogP contribution >= 0.6 is 0 Å². The summed E-state index contributed by atoms with van der Waals surface area (Å²) in [6.45, 7) is 7.71. The van der Waals surface area contributed by atoms with Crippen molar-refractivity contribution in [1.29, 1.82) is 0 Å². The number of carboxylic acids is 2. The standard InChI is InChI=1S/C18H28N2O4.C2H2O4/c1-6-13(2)19-7-9-20(10-8-19)18(21)14-11-15(22-3)17(24-5)16(12-14)23-4;3-1(4)2(5)6/h11-13H,6-10H2,1-5H3;(H,3,4)(H,5,6). The number of nitrogens with zero attached hydrogens (tertiary/aromatic N) is 2. The molecule has 1 atom stereocenters. The topological polar surface area (TPSA) is 126 Å². The molecule has 1 amide bonds. The van der Waals surface area contributed by atoms with E-state index in [1.807, 2.05) is 4.90 Å². The first-order chi connectivity index (χ1) is 14.2. The van der Waals surface area contributed by atoms with E-state index < -0.39 is 11.9 Å². The maximum absolute atomic E-state index is 12.8. The van der Waals surface area contributed by atoms with Crippen molar-refractivity contribution in [3.8, 4) is 17.2 Å². The highest BCUT2D eigenvalue weighted by atomic mass is 16.5. The minimum atomic E-state index is -1.82. The van der Waals surface area contributed by atoms with Gasteiger partial charge < -0.3 is 29.3 Å². The summed E-state index contributed by atoms with van der Waals surface area (Å²) in [5, 5.41) is 14.8. The molecule has 1 aromatic carbocycles. The van der Waals surface area contributed by atoms with Crippen LogP contribution in [-0.4, -0.2) is 91.4 Å². The fourth-order valence-corrected chi connectivity index (χ4v) is 3.01. The fraction of sp³-hybridized carbons (Fsp3) is 0.550. The highest BCUT2D eigenvalue weighted by molar-refractivity contribution is 6.27. The summed E-state index contributed by atoms with van der Waals surface area (Å²) >= 11 is 0. The minimum Gasteiger partial charge on any atom is -0.493 e. The molecule has 2 rings (SSSR count). The molecular formula is C20H30N2O8. The number of aliphatic carboxylic acids is 2. The Morgan fingerprint density at radius 2 is 1.40 bits per heavy atom. The molecule has 0 radical (unpaired) electrons. The SMILES string of the molecule is CCC(C)N1CCN(C(=O)c2cc(OC)c(OC)c(OC)c2)CC1.O=C(O)C(=O)O. The van der Waals surface area contributed by atoms with Gasteiger partial charge in [0.1, 0.15) is 0 Å². The summed E-state index contributed by atoms with van der Waals surface area (Å²) in [7, 11) is 4.66. The van der Waals surface area contributed by atoms with Gasteiger partial charge in [0, 0.05) is 37.8 Å². The maximum Gasteiger partial charge on any atom is 0.414 e. The monoisotopic (exact) mass is 426 g/mol. The van der Waals surface area contributed by atoms with Crippen LogP contribution in [0.3, 0.4) is 0 Å². The zero-order valence-corrected chi connectivity index (χ0v) is 18.0. The second kappa shape index (κ2) is 11.9. The smallest absolute Gasteiger partial charge is 0.414 e. The number of rotatable bonds is 6. The van der Waals surface area contributed by atoms with Crippen molar-refractivity contribution in [2.24, 2.45) is 0 Å². The molecule has 1 saturated heterocycles. The lowest BCUT2D eigenvalue weighted by Gasteiger charge is -2.37. The molecule has 1 unspecified atom stereocenters. The van der Waals surface area contributed by atoms with Crippen LogP contribution in [0, 0.1) is 0 Å². The average molecular weight is 426 g/mol. The Hall–Kier alpha value is -3.01. The predicted octanol–water partition coefficient (Wildman–Crippen LogP) is 1.42. The van der Waals surface area contributed by atoms with Crippen LogP contribution < -0.4 is 14.2 Å². The molecule has 0 aromatic heterocycles. The van der Waals surface area contributed by atoms with Crippen LogP contribution in [0.25, 0.3) is 0 Å². The summed E-state index contributed by atoms with van der Waals surface area (Å²) in [6, 6.07) is 3.98. The third-order valence-electron chi connectivity index (χ3n) is 4.91. The number of ether oxygens (including phenoxy) is 3. The van der Waals surface area contributed by atoms with Gasteiger partial charge in [0.15, 0.2) is 11.5 Å². The zero-order valence-electron chi connectivity index (χ0n) is 18.0. The summed E-state index contributed by atoms with van der Waals surface area (Å²) in [6.07, 6.45) is 1.13. The van der Waals surface area contributed by atoms with Gasteiger partial charge in [-0.1, -0.05) is 6.92 Å². The number of carbonyl (C=O) groups is 3. The van der Waals surface area contributed by atoms with Crippen LogP contribution in [0.4, 0.5) is 0 Å². The molecule has 1 heterocycles. The van der Waals surface area contributed by atoms with Crippen molar-refractivity contribution in [1.82, 2.24) is 9.80 Å². The molecule has 1 aromatic rings. The molecule has 1 aliphatic rings. The summed E-state index contributed by atoms with van der Waals surface area (Å²) in [4.78, 5) is 35.4. The second-order valence-corrected chi connectivity index (χ2v) is 6.61. The van der Waals surface area contributed by atoms with Gasteiger partial charge in [0.25, 0.3) is 5.91 Å². The van der Waals surface area contributed by atoms with E-state index in [9.17, 15) is 4.79 Å². The number of hydrogen-bond acceptors (Lipinski definition) is 7. The molecule has 1 aliphatic heterocycles. The molecular weight excluding hydrogens is 396 g/mol. The van der Waals surface area contributed by atoms with E-state index in [1.165, 1.54) is 0 Å². The average Bonchev–Trinajstić information content (AvgIpc) is 2.77. The molecule has 10 heteroatoms. The van der Waals surface area contributed by atoms with Gasteiger partial charge in [0.2, 0.25) is 5.75 Å². The Bertz CT molecular complexity index is 707. The van der Waals surface area contributed by atoms with E-state index in [-0.39, 0.29) is 5.91 Å². The number of carboxylic acid groups (broad SMARTS) is 2. The summed E-state index contributed by atoms with van der Waals surface area (Å²) in [5.41, 5.74) is 0.557. The minimum absolute atomic E-state index is 0.00180. The molecule has 30 heavy (non-hydrogen) atoms. The van der Waals surface area contributed by atoms with Crippen molar-refractivity contribution >= 4 is 17.8 Å². The molecule has 0 aliphatic carbocycles. The largest absolute Gasteiger partial charge is 0.493 e. The van der Waals surface area contributed by atoms with Gasteiger partial charge in [-0.15, -0.1) is 0 Å². The molecule has 0 spiro atoms. The van der Waals surface area contributed by atoms with E-state index in [1.54, 1.807) is 33.5 Å². The van der Waals surface area contributed by atoms with Gasteiger partial charge in [-0.3, -0.25) is 9.69 Å². The predicted molar refractivity (Wildman–Crippen MR) is 109 cm³/mol. The van der Waals surface area contributed by atoms with Crippen LogP contribution in [-0.2, 0) is 9.59 Å². The maximum atomic E-state index is 12.8.